The third-order valence-electron chi connectivity index (χ3n) is 2.85. The maximum Gasteiger partial charge on any atom is 0.405 e. The molecule has 0 aromatic heterocycles. The van der Waals surface area contributed by atoms with Crippen LogP contribution in [0.4, 0.5) is 18.9 Å². The molecule has 0 heterocycles. The number of anilines is 1. The lowest BCUT2D eigenvalue weighted by Crippen LogP contribution is -2.30. The Labute approximate surface area is 108 Å². The van der Waals surface area contributed by atoms with Gasteiger partial charge in [0, 0.05) is 23.5 Å². The third-order valence-corrected chi connectivity index (χ3v) is 2.85. The number of hydrogen-bond donors (Lipinski definition) is 0. The van der Waals surface area contributed by atoms with Crippen LogP contribution in [0.1, 0.15) is 5.56 Å². The molecule has 0 fully saturated rings. The molecule has 0 N–H and O–H groups in total. The zero-order valence-electron chi connectivity index (χ0n) is 10.2. The van der Waals surface area contributed by atoms with E-state index in [-0.39, 0.29) is 0 Å². The summed E-state index contributed by atoms with van der Waals surface area (Å²) in [5, 5.41) is 10.3. The summed E-state index contributed by atoms with van der Waals surface area (Å²) in [7, 11) is 1.39. The van der Waals surface area contributed by atoms with E-state index in [0.717, 1.165) is 4.90 Å². The quantitative estimate of drug-likeness (QED) is 0.826. The molecule has 98 valence electrons. The fraction of sp³-hybridized carbons (Fsp3) is 0.214. The summed E-state index contributed by atoms with van der Waals surface area (Å²) in [6.45, 7) is -1.02. The van der Waals surface area contributed by atoms with Crippen molar-refractivity contribution in [2.24, 2.45) is 0 Å². The standard InChI is InChI=1S/C14H11F3N2/c1-19(9-14(15,16)17)13-7-6-10(8-18)11-4-2-3-5-12(11)13/h2-7H,9H2,1H3. The summed E-state index contributed by atoms with van der Waals surface area (Å²) < 4.78 is 37.3. The Kier molecular flexibility index (Phi) is 3.34. The summed E-state index contributed by atoms with van der Waals surface area (Å²) in [5.41, 5.74) is 0.923. The topological polar surface area (TPSA) is 27.0 Å². The van der Waals surface area contributed by atoms with Crippen molar-refractivity contribution in [3.05, 3.63) is 42.0 Å². The summed E-state index contributed by atoms with van der Waals surface area (Å²) in [6.07, 6.45) is -4.26. The van der Waals surface area contributed by atoms with Gasteiger partial charge in [-0.05, 0) is 12.1 Å². The number of rotatable bonds is 2. The van der Waals surface area contributed by atoms with Crippen LogP contribution in [0.15, 0.2) is 36.4 Å². The highest BCUT2D eigenvalue weighted by Crippen LogP contribution is 2.30. The fourth-order valence-electron chi connectivity index (χ4n) is 2.07. The molecule has 0 atom stereocenters. The molecule has 0 radical (unpaired) electrons. The molecular weight excluding hydrogens is 253 g/mol. The average molecular weight is 264 g/mol. The first-order chi connectivity index (χ1) is 8.92. The van der Waals surface area contributed by atoms with E-state index in [2.05, 4.69) is 0 Å². The molecular formula is C14H11F3N2. The van der Waals surface area contributed by atoms with E-state index in [1.54, 1.807) is 36.4 Å². The Hall–Kier alpha value is -2.22. The molecule has 0 aliphatic carbocycles. The third kappa shape index (κ3) is 2.79. The molecule has 0 aliphatic heterocycles. The smallest absolute Gasteiger partial charge is 0.365 e. The SMILES string of the molecule is CN(CC(F)(F)F)c1ccc(C#N)c2ccccc12. The van der Waals surface area contributed by atoms with E-state index in [9.17, 15) is 13.2 Å². The van der Waals surface area contributed by atoms with Crippen molar-refractivity contribution in [2.75, 3.05) is 18.5 Å². The lowest BCUT2D eigenvalue weighted by atomic mass is 10.0. The van der Waals surface area contributed by atoms with Crippen LogP contribution in [0.2, 0.25) is 0 Å². The second-order valence-electron chi connectivity index (χ2n) is 4.26. The normalized spacial score (nSPS) is 11.3. The molecule has 0 amide bonds. The molecule has 0 unspecified atom stereocenters. The number of alkyl halides is 3. The van der Waals surface area contributed by atoms with E-state index in [0.29, 0.717) is 22.0 Å². The molecule has 0 aliphatic rings. The minimum absolute atomic E-state index is 0.458. The minimum atomic E-state index is -4.26. The first-order valence-electron chi connectivity index (χ1n) is 5.62. The molecule has 0 spiro atoms. The molecule has 19 heavy (non-hydrogen) atoms. The van der Waals surface area contributed by atoms with Crippen LogP contribution in [-0.4, -0.2) is 19.8 Å². The predicted octanol–water partition coefficient (Wildman–Crippen LogP) is 3.71. The van der Waals surface area contributed by atoms with Gasteiger partial charge in [0.15, 0.2) is 0 Å². The van der Waals surface area contributed by atoms with Crippen LogP contribution in [0, 0.1) is 11.3 Å². The van der Waals surface area contributed by atoms with Crippen molar-refractivity contribution in [1.82, 2.24) is 0 Å². The maximum atomic E-state index is 12.4. The summed E-state index contributed by atoms with van der Waals surface area (Å²) >= 11 is 0. The maximum absolute atomic E-state index is 12.4. The number of halogens is 3. The molecule has 0 bridgehead atoms. The number of fused-ring (bicyclic) bond motifs is 1. The molecule has 0 saturated carbocycles. The molecule has 2 aromatic rings. The number of benzene rings is 2. The first kappa shape index (κ1) is 13.2. The van der Waals surface area contributed by atoms with Crippen LogP contribution in [0.3, 0.4) is 0 Å². The molecule has 2 nitrogen and oxygen atoms in total. The summed E-state index contributed by atoms with van der Waals surface area (Å²) in [6, 6.07) is 12.1. The molecule has 0 saturated heterocycles. The van der Waals surface area contributed by atoms with Gasteiger partial charge >= 0.3 is 6.18 Å². The number of nitrogens with zero attached hydrogens (tertiary/aromatic N) is 2. The molecule has 2 rings (SSSR count). The van der Waals surface area contributed by atoms with Gasteiger partial charge in [-0.3, -0.25) is 0 Å². The Morgan fingerprint density at radius 3 is 2.32 bits per heavy atom. The fourth-order valence-corrected chi connectivity index (χ4v) is 2.07. The molecule has 2 aromatic carbocycles. The highest BCUT2D eigenvalue weighted by molar-refractivity contribution is 5.97. The van der Waals surface area contributed by atoms with E-state index >= 15 is 0 Å². The Morgan fingerprint density at radius 2 is 1.74 bits per heavy atom. The van der Waals surface area contributed by atoms with Gasteiger partial charge in [0.05, 0.1) is 11.6 Å². The second kappa shape index (κ2) is 4.81. The minimum Gasteiger partial charge on any atom is -0.365 e. The highest BCUT2D eigenvalue weighted by atomic mass is 19.4. The largest absolute Gasteiger partial charge is 0.405 e. The second-order valence-corrected chi connectivity index (χ2v) is 4.26. The average Bonchev–Trinajstić information content (AvgIpc) is 2.35. The van der Waals surface area contributed by atoms with E-state index in [1.807, 2.05) is 6.07 Å². The van der Waals surface area contributed by atoms with Gasteiger partial charge in [-0.2, -0.15) is 18.4 Å². The van der Waals surface area contributed by atoms with Gasteiger partial charge in [0.25, 0.3) is 0 Å². The highest BCUT2D eigenvalue weighted by Gasteiger charge is 2.29. The van der Waals surface area contributed by atoms with Gasteiger partial charge in [-0.15, -0.1) is 0 Å². The Bertz CT molecular complexity index is 641. The lowest BCUT2D eigenvalue weighted by Gasteiger charge is -2.22. The Balaban J connectivity index is 2.54. The van der Waals surface area contributed by atoms with Crippen LogP contribution < -0.4 is 4.90 Å². The van der Waals surface area contributed by atoms with Gasteiger partial charge in [-0.25, -0.2) is 0 Å². The first-order valence-corrected chi connectivity index (χ1v) is 5.62. The van der Waals surface area contributed by atoms with Crippen LogP contribution in [-0.2, 0) is 0 Å². The van der Waals surface area contributed by atoms with Crippen molar-refractivity contribution in [1.29, 1.82) is 5.26 Å². The number of nitriles is 1. The van der Waals surface area contributed by atoms with Crippen LogP contribution >= 0.6 is 0 Å². The van der Waals surface area contributed by atoms with Crippen molar-refractivity contribution in [3.63, 3.8) is 0 Å². The van der Waals surface area contributed by atoms with E-state index < -0.39 is 12.7 Å². The lowest BCUT2D eigenvalue weighted by molar-refractivity contribution is -0.119. The van der Waals surface area contributed by atoms with Crippen LogP contribution in [0.5, 0.6) is 0 Å². The van der Waals surface area contributed by atoms with Crippen LogP contribution in [0.25, 0.3) is 10.8 Å². The predicted molar refractivity (Wildman–Crippen MR) is 68.0 cm³/mol. The van der Waals surface area contributed by atoms with E-state index in [4.69, 9.17) is 5.26 Å². The van der Waals surface area contributed by atoms with E-state index in [1.165, 1.54) is 7.05 Å². The zero-order chi connectivity index (χ0) is 14.0. The van der Waals surface area contributed by atoms with Crippen molar-refractivity contribution < 1.29 is 13.2 Å². The summed E-state index contributed by atoms with van der Waals surface area (Å²) in [5.74, 6) is 0. The van der Waals surface area contributed by atoms with Gasteiger partial charge < -0.3 is 4.90 Å². The number of hydrogen-bond acceptors (Lipinski definition) is 2. The van der Waals surface area contributed by atoms with Gasteiger partial charge in [-0.1, -0.05) is 24.3 Å². The van der Waals surface area contributed by atoms with Crippen molar-refractivity contribution >= 4 is 16.5 Å². The van der Waals surface area contributed by atoms with Gasteiger partial charge in [0.1, 0.15) is 6.54 Å². The summed E-state index contributed by atoms with van der Waals surface area (Å²) in [4.78, 5) is 1.14. The zero-order valence-corrected chi connectivity index (χ0v) is 10.2. The molecule has 5 heteroatoms. The monoisotopic (exact) mass is 264 g/mol. The Morgan fingerprint density at radius 1 is 1.11 bits per heavy atom. The van der Waals surface area contributed by atoms with Crippen molar-refractivity contribution in [2.45, 2.75) is 6.18 Å². The van der Waals surface area contributed by atoms with Crippen molar-refractivity contribution in [3.8, 4) is 6.07 Å². The van der Waals surface area contributed by atoms with Gasteiger partial charge in [0.2, 0.25) is 0 Å².